The van der Waals surface area contributed by atoms with E-state index in [1.54, 1.807) is 196 Å². The van der Waals surface area contributed by atoms with Gasteiger partial charge in [0.25, 0.3) is 0 Å². The van der Waals surface area contributed by atoms with E-state index in [9.17, 15) is 9.59 Å². The number of carbonyl (C=O) groups excluding carboxylic acids is 2. The summed E-state index contributed by atoms with van der Waals surface area (Å²) in [6.07, 6.45) is -11.1. The van der Waals surface area contributed by atoms with Gasteiger partial charge in [0.15, 0.2) is 20.5 Å². The molecule has 0 saturated heterocycles. The van der Waals surface area contributed by atoms with Crippen LogP contribution in [0.25, 0.3) is 0 Å². The molecule has 83 heavy (non-hydrogen) atoms. The van der Waals surface area contributed by atoms with Crippen LogP contribution >= 0.6 is 23.5 Å². The lowest BCUT2D eigenvalue weighted by molar-refractivity contribution is -0.232. The van der Waals surface area contributed by atoms with Gasteiger partial charge in [-0.15, -0.1) is 0 Å². The topological polar surface area (TPSA) is 196 Å². The predicted molar refractivity (Wildman–Crippen MR) is 316 cm³/mol. The van der Waals surface area contributed by atoms with E-state index >= 15 is 13.7 Å². The molecular formula is C62H77O17P3Si. The van der Waals surface area contributed by atoms with E-state index in [0.29, 0.717) is 46.2 Å². The zero-order valence-corrected chi connectivity index (χ0v) is 51.8. The molecule has 1 saturated carbocycles. The molecule has 17 nitrogen and oxygen atoms in total. The van der Waals surface area contributed by atoms with Crippen LogP contribution in [0.1, 0.15) is 93.7 Å². The first kappa shape index (κ1) is 65.3. The Labute approximate surface area is 489 Å². The van der Waals surface area contributed by atoms with E-state index in [1.807, 2.05) is 33.9 Å². The van der Waals surface area contributed by atoms with Crippen molar-refractivity contribution >= 4 is 43.7 Å². The van der Waals surface area contributed by atoms with Gasteiger partial charge in [0.1, 0.15) is 24.4 Å². The molecule has 0 bridgehead atoms. The van der Waals surface area contributed by atoms with Gasteiger partial charge in [0.2, 0.25) is 0 Å². The first-order valence-electron chi connectivity index (χ1n) is 27.8. The quantitative estimate of drug-likeness (QED) is 0.0219. The highest BCUT2D eigenvalue weighted by molar-refractivity contribution is 7.49. The first-order chi connectivity index (χ1) is 39.8. The smallest absolute Gasteiger partial charge is 0.457 e. The summed E-state index contributed by atoms with van der Waals surface area (Å²) in [5.74, 6) is -1.55. The largest absolute Gasteiger partial charge is 0.475 e. The number of rotatable bonds is 32. The summed E-state index contributed by atoms with van der Waals surface area (Å²) in [5.41, 5.74) is 3.42. The first-order valence-corrected chi connectivity index (χ1v) is 35.1. The minimum absolute atomic E-state index is 0.136. The molecule has 7 rings (SSSR count). The third-order valence-corrected chi connectivity index (χ3v) is 22.4. The van der Waals surface area contributed by atoms with E-state index in [4.69, 9.17) is 54.6 Å². The zero-order valence-electron chi connectivity index (χ0n) is 48.1. The summed E-state index contributed by atoms with van der Waals surface area (Å²) >= 11 is 0. The number of benzene rings is 6. The molecule has 6 aromatic rings. The summed E-state index contributed by atoms with van der Waals surface area (Å²) < 4.78 is 127. The van der Waals surface area contributed by atoms with Crippen LogP contribution in [-0.2, 0) is 118 Å². The summed E-state index contributed by atoms with van der Waals surface area (Å²) in [4.78, 5) is 28.8. The van der Waals surface area contributed by atoms with Crippen molar-refractivity contribution in [1.82, 2.24) is 0 Å². The van der Waals surface area contributed by atoms with E-state index in [0.717, 1.165) is 0 Å². The average molecular weight is 1220 g/mol. The second-order valence-electron chi connectivity index (χ2n) is 21.4. The van der Waals surface area contributed by atoms with Gasteiger partial charge in [0.05, 0.1) is 39.6 Å². The number of ether oxygens (including phenoxy) is 2. The van der Waals surface area contributed by atoms with Crippen molar-refractivity contribution in [2.45, 2.75) is 155 Å². The second kappa shape index (κ2) is 31.2. The number of carbonyl (C=O) groups is 2. The number of phosphoric ester groups is 3. The fraction of sp³-hybridized carbons (Fsp3) is 0.387. The molecule has 6 atom stereocenters. The molecule has 0 amide bonds. The van der Waals surface area contributed by atoms with Crippen LogP contribution in [0, 0.1) is 0 Å². The fourth-order valence-electron chi connectivity index (χ4n) is 8.34. The molecule has 1 aliphatic carbocycles. The second-order valence-corrected chi connectivity index (χ2v) is 31.0. The summed E-state index contributed by atoms with van der Waals surface area (Å²) in [6, 6.07) is 53.0. The van der Waals surface area contributed by atoms with Gasteiger partial charge >= 0.3 is 35.4 Å². The highest BCUT2D eigenvalue weighted by atomic mass is 31.2. The molecule has 2 unspecified atom stereocenters. The van der Waals surface area contributed by atoms with Crippen molar-refractivity contribution in [2.75, 3.05) is 0 Å². The fourth-order valence-corrected chi connectivity index (χ4v) is 13.7. The van der Waals surface area contributed by atoms with Crippen LogP contribution in [0.5, 0.6) is 0 Å². The molecule has 446 valence electrons. The molecule has 0 spiro atoms. The van der Waals surface area contributed by atoms with E-state index < -0.39 is 85.4 Å². The Morgan fingerprint density at radius 2 is 0.590 bits per heavy atom. The predicted octanol–water partition coefficient (Wildman–Crippen LogP) is 15.6. The number of hydrogen-bond donors (Lipinski definition) is 0. The Hall–Kier alpha value is -5.23. The average Bonchev–Trinajstić information content (AvgIpc) is 3.68. The van der Waals surface area contributed by atoms with Crippen molar-refractivity contribution in [3.63, 3.8) is 0 Å². The minimum Gasteiger partial charge on any atom is -0.457 e. The number of hydrogen-bond acceptors (Lipinski definition) is 17. The van der Waals surface area contributed by atoms with Crippen LogP contribution in [0.4, 0.5) is 0 Å². The molecule has 6 aromatic carbocycles. The highest BCUT2D eigenvalue weighted by Gasteiger charge is 2.63. The van der Waals surface area contributed by atoms with E-state index in [-0.39, 0.29) is 52.5 Å². The Bertz CT molecular complexity index is 2770. The molecule has 0 aromatic heterocycles. The Kier molecular flexibility index (Phi) is 24.6. The number of esters is 2. The Morgan fingerprint density at radius 3 is 0.795 bits per heavy atom. The van der Waals surface area contributed by atoms with Crippen LogP contribution in [-0.4, -0.2) is 56.9 Å². The SMILES string of the molecule is CCCC(=O)O[C@H]1C(O[Si](C)(C)C(C)(C)C)[C@H](OC(=O)CCC)[C@@H](OP(=O)(OCc2ccccc2)OCc2ccccc2)C(OP(=O)(OCc2ccccc2)OCc2ccccc2)[C@H]1OP(=O)(OCc1ccccc1)OCc1ccccc1. The molecule has 0 N–H and O–H groups in total. The summed E-state index contributed by atoms with van der Waals surface area (Å²) in [5, 5.41) is -0.588. The third-order valence-electron chi connectivity index (χ3n) is 13.8. The summed E-state index contributed by atoms with van der Waals surface area (Å²) in [6.45, 7) is 11.3. The summed E-state index contributed by atoms with van der Waals surface area (Å²) in [7, 11) is -18.5. The molecule has 0 heterocycles. The van der Waals surface area contributed by atoms with Crippen LogP contribution in [0.2, 0.25) is 18.1 Å². The van der Waals surface area contributed by atoms with Crippen molar-refractivity contribution in [3.05, 3.63) is 215 Å². The highest BCUT2D eigenvalue weighted by Crippen LogP contribution is 2.61. The number of phosphoric acid groups is 3. The van der Waals surface area contributed by atoms with Gasteiger partial charge in [-0.25, -0.2) is 13.7 Å². The van der Waals surface area contributed by atoms with Gasteiger partial charge in [-0.05, 0) is 64.4 Å². The third kappa shape index (κ3) is 20.2. The monoisotopic (exact) mass is 1210 g/mol. The van der Waals surface area contributed by atoms with Crippen molar-refractivity contribution in [1.29, 1.82) is 0 Å². The lowest BCUT2D eigenvalue weighted by atomic mass is 9.84. The standard InChI is InChI=1S/C62H77O17P3Si/c1-8-28-54(63)74-56-58(76-80(65,68-42-48-30-16-10-17-31-48)69-43-49-32-18-11-19-33-49)60(78-82(67,72-46-52-38-24-14-25-39-52)73-47-53-40-26-15-27-41-53)59(57(75-55(64)29-9-2)61(56)79-83(6,7)62(3,4)5)77-81(66,70-44-50-34-20-12-21-35-50)71-45-51-36-22-13-23-37-51/h10-27,30-41,56-61H,8-9,28-29,42-47H2,1-7H3/t56-,57-,58-,59+,60?,61?/m1/s1. The Balaban J connectivity index is 1.51. The minimum atomic E-state index is -5.13. The molecular weight excluding hydrogens is 1140 g/mol. The van der Waals surface area contributed by atoms with Crippen LogP contribution in [0.3, 0.4) is 0 Å². The normalized spacial score (nSPS) is 18.8. The Morgan fingerprint density at radius 1 is 0.373 bits per heavy atom. The molecule has 21 heteroatoms. The maximum absolute atomic E-state index is 16.1. The van der Waals surface area contributed by atoms with Gasteiger partial charge in [0, 0.05) is 12.8 Å². The van der Waals surface area contributed by atoms with Crippen LogP contribution in [0.15, 0.2) is 182 Å². The molecule has 1 fully saturated rings. The van der Waals surface area contributed by atoms with Crippen molar-refractivity contribution in [2.24, 2.45) is 0 Å². The van der Waals surface area contributed by atoms with Crippen molar-refractivity contribution < 1.29 is 77.9 Å². The van der Waals surface area contributed by atoms with Gasteiger partial charge in [-0.1, -0.05) is 217 Å². The molecule has 0 aliphatic heterocycles. The van der Waals surface area contributed by atoms with Gasteiger partial charge in [-0.2, -0.15) is 0 Å². The van der Waals surface area contributed by atoms with E-state index in [1.165, 1.54) is 0 Å². The lowest BCUT2D eigenvalue weighted by Gasteiger charge is -2.52. The maximum atomic E-state index is 16.1. The van der Waals surface area contributed by atoms with Gasteiger partial charge < -0.3 is 13.9 Å². The molecule has 0 radical (unpaired) electrons. The maximum Gasteiger partial charge on any atom is 0.475 e. The zero-order chi connectivity index (χ0) is 59.4. The van der Waals surface area contributed by atoms with Crippen molar-refractivity contribution in [3.8, 4) is 0 Å². The lowest BCUT2D eigenvalue weighted by Crippen LogP contribution is -2.69. The molecule has 1 aliphatic rings. The van der Waals surface area contributed by atoms with E-state index in [2.05, 4.69) is 0 Å². The van der Waals surface area contributed by atoms with Gasteiger partial charge in [-0.3, -0.25) is 50.3 Å². The van der Waals surface area contributed by atoms with Crippen LogP contribution < -0.4 is 0 Å².